The van der Waals surface area contributed by atoms with Crippen molar-refractivity contribution in [2.45, 2.75) is 44.9 Å². The average Bonchev–Trinajstić information content (AvgIpc) is 3.00. The van der Waals surface area contributed by atoms with Crippen molar-refractivity contribution in [1.29, 1.82) is 0 Å². The number of rotatable bonds is 6. The molecule has 1 aliphatic rings. The second kappa shape index (κ2) is 7.86. The lowest BCUT2D eigenvalue weighted by Crippen LogP contribution is -2.43. The van der Waals surface area contributed by atoms with Gasteiger partial charge in [-0.3, -0.25) is 4.99 Å². The van der Waals surface area contributed by atoms with E-state index in [1.54, 1.807) is 17.1 Å². The number of nitrogens with two attached hydrogens (primary N) is 1. The quantitative estimate of drug-likeness (QED) is 0.459. The zero-order valence-electron chi connectivity index (χ0n) is 15.1. The SMILES string of the molecule is CCCC1(CC)C=NN(C(=NCC)NS(=O)(=O)c2ccc(N)cc2)C1. The highest BCUT2D eigenvalue weighted by Gasteiger charge is 2.35. The molecule has 1 unspecified atom stereocenters. The van der Waals surface area contributed by atoms with Gasteiger partial charge in [-0.1, -0.05) is 20.3 Å². The molecular weight excluding hydrogens is 338 g/mol. The Bertz CT molecular complexity index is 743. The van der Waals surface area contributed by atoms with Crippen molar-refractivity contribution in [3.05, 3.63) is 24.3 Å². The highest BCUT2D eigenvalue weighted by atomic mass is 32.2. The predicted octanol–water partition coefficient (Wildman–Crippen LogP) is 2.42. The summed E-state index contributed by atoms with van der Waals surface area (Å²) in [7, 11) is -3.74. The molecule has 1 heterocycles. The summed E-state index contributed by atoms with van der Waals surface area (Å²) in [5.41, 5.74) is 6.11. The summed E-state index contributed by atoms with van der Waals surface area (Å²) >= 11 is 0. The summed E-state index contributed by atoms with van der Waals surface area (Å²) in [5, 5.41) is 6.07. The Hall–Kier alpha value is -2.09. The van der Waals surface area contributed by atoms with Crippen LogP contribution in [0.3, 0.4) is 0 Å². The smallest absolute Gasteiger partial charge is 0.264 e. The van der Waals surface area contributed by atoms with Gasteiger partial charge in [-0.2, -0.15) is 5.10 Å². The Morgan fingerprint density at radius 3 is 2.56 bits per heavy atom. The zero-order valence-corrected chi connectivity index (χ0v) is 15.9. The highest BCUT2D eigenvalue weighted by molar-refractivity contribution is 7.90. The van der Waals surface area contributed by atoms with E-state index in [4.69, 9.17) is 5.73 Å². The molecule has 0 spiro atoms. The first-order chi connectivity index (χ1) is 11.9. The number of anilines is 1. The number of guanidine groups is 1. The molecule has 0 saturated heterocycles. The van der Waals surface area contributed by atoms with E-state index in [1.807, 2.05) is 13.1 Å². The Kier molecular flexibility index (Phi) is 6.05. The molecule has 8 heteroatoms. The van der Waals surface area contributed by atoms with Gasteiger partial charge < -0.3 is 5.73 Å². The first-order valence-corrected chi connectivity index (χ1v) is 10.1. The summed E-state index contributed by atoms with van der Waals surface area (Å²) in [6.45, 7) is 7.20. The summed E-state index contributed by atoms with van der Waals surface area (Å²) < 4.78 is 27.8. The van der Waals surface area contributed by atoms with Crippen molar-refractivity contribution in [2.24, 2.45) is 15.5 Å². The Labute approximate surface area is 150 Å². The zero-order chi connectivity index (χ0) is 18.5. The molecule has 0 radical (unpaired) electrons. The van der Waals surface area contributed by atoms with Gasteiger partial charge in [0.05, 0.1) is 11.4 Å². The molecule has 3 N–H and O–H groups in total. The van der Waals surface area contributed by atoms with Crippen LogP contribution in [0.25, 0.3) is 0 Å². The Balaban J connectivity index is 2.21. The fraction of sp³-hybridized carbons (Fsp3) is 0.529. The maximum Gasteiger partial charge on any atom is 0.264 e. The Morgan fingerprint density at radius 2 is 2.00 bits per heavy atom. The maximum atomic E-state index is 12.6. The molecule has 1 aromatic rings. The summed E-state index contributed by atoms with van der Waals surface area (Å²) in [6, 6.07) is 6.06. The molecule has 0 aromatic heterocycles. The predicted molar refractivity (Wildman–Crippen MR) is 102 cm³/mol. The number of nitrogen functional groups attached to an aromatic ring is 1. The normalized spacial score (nSPS) is 20.9. The maximum absolute atomic E-state index is 12.6. The van der Waals surface area contributed by atoms with Gasteiger partial charge in [-0.25, -0.2) is 18.1 Å². The van der Waals surface area contributed by atoms with E-state index in [1.165, 1.54) is 12.1 Å². The van der Waals surface area contributed by atoms with Gasteiger partial charge >= 0.3 is 0 Å². The van der Waals surface area contributed by atoms with Crippen LogP contribution in [0.1, 0.15) is 40.0 Å². The molecule has 0 fully saturated rings. The fourth-order valence-corrected chi connectivity index (χ4v) is 3.89. The molecule has 1 atom stereocenters. The molecule has 0 amide bonds. The van der Waals surface area contributed by atoms with Crippen LogP contribution in [-0.4, -0.2) is 38.7 Å². The van der Waals surface area contributed by atoms with E-state index in [0.29, 0.717) is 18.8 Å². The number of nitrogens with one attached hydrogen (secondary N) is 1. The first-order valence-electron chi connectivity index (χ1n) is 8.61. The van der Waals surface area contributed by atoms with Gasteiger partial charge in [0.1, 0.15) is 0 Å². The van der Waals surface area contributed by atoms with Crippen molar-refractivity contribution >= 4 is 27.9 Å². The topological polar surface area (TPSA) is 100 Å². The van der Waals surface area contributed by atoms with Crippen molar-refractivity contribution in [3.63, 3.8) is 0 Å². The number of aliphatic imine (C=N–C) groups is 1. The number of nitrogens with zero attached hydrogens (tertiary/aromatic N) is 3. The summed E-state index contributed by atoms with van der Waals surface area (Å²) in [6.07, 6.45) is 4.93. The van der Waals surface area contributed by atoms with E-state index in [2.05, 4.69) is 28.7 Å². The molecule has 0 saturated carbocycles. The fourth-order valence-electron chi connectivity index (χ4n) is 2.87. The van der Waals surface area contributed by atoms with Crippen molar-refractivity contribution in [2.75, 3.05) is 18.8 Å². The third-order valence-electron chi connectivity index (χ3n) is 4.36. The van der Waals surface area contributed by atoms with Crippen LogP contribution in [0.2, 0.25) is 0 Å². The van der Waals surface area contributed by atoms with Crippen LogP contribution in [-0.2, 0) is 10.0 Å². The third kappa shape index (κ3) is 4.50. The summed E-state index contributed by atoms with van der Waals surface area (Å²) in [5.74, 6) is 0.252. The first kappa shape index (κ1) is 19.2. The van der Waals surface area contributed by atoms with E-state index >= 15 is 0 Å². The lowest BCUT2D eigenvalue weighted by Gasteiger charge is -2.26. The van der Waals surface area contributed by atoms with E-state index in [0.717, 1.165) is 19.3 Å². The molecule has 0 aliphatic carbocycles. The van der Waals surface area contributed by atoms with Gasteiger partial charge in [-0.05, 0) is 44.0 Å². The highest BCUT2D eigenvalue weighted by Crippen LogP contribution is 2.31. The minimum absolute atomic E-state index is 0.0318. The molecule has 0 bridgehead atoms. The largest absolute Gasteiger partial charge is 0.399 e. The second-order valence-electron chi connectivity index (χ2n) is 6.24. The van der Waals surface area contributed by atoms with Crippen LogP contribution in [0.15, 0.2) is 39.3 Å². The molecule has 2 rings (SSSR count). The van der Waals surface area contributed by atoms with Crippen molar-refractivity contribution < 1.29 is 8.42 Å². The third-order valence-corrected chi connectivity index (χ3v) is 5.70. The lowest BCUT2D eigenvalue weighted by molar-refractivity contribution is 0.306. The molecular formula is C17H27N5O2S. The van der Waals surface area contributed by atoms with E-state index in [9.17, 15) is 8.42 Å². The van der Waals surface area contributed by atoms with Crippen molar-refractivity contribution in [3.8, 4) is 0 Å². The minimum Gasteiger partial charge on any atom is -0.399 e. The van der Waals surface area contributed by atoms with Gasteiger partial charge in [0, 0.05) is 23.9 Å². The van der Waals surface area contributed by atoms with Crippen LogP contribution >= 0.6 is 0 Å². The number of hydrogen-bond donors (Lipinski definition) is 2. The lowest BCUT2D eigenvalue weighted by atomic mass is 9.82. The van der Waals surface area contributed by atoms with E-state index < -0.39 is 10.0 Å². The monoisotopic (exact) mass is 365 g/mol. The average molecular weight is 366 g/mol. The number of benzene rings is 1. The van der Waals surface area contributed by atoms with Crippen LogP contribution < -0.4 is 10.5 Å². The van der Waals surface area contributed by atoms with Crippen LogP contribution in [0.5, 0.6) is 0 Å². The molecule has 25 heavy (non-hydrogen) atoms. The van der Waals surface area contributed by atoms with E-state index in [-0.39, 0.29) is 16.3 Å². The van der Waals surface area contributed by atoms with Crippen LogP contribution in [0, 0.1) is 5.41 Å². The van der Waals surface area contributed by atoms with Crippen LogP contribution in [0.4, 0.5) is 5.69 Å². The number of hydrazone groups is 1. The summed E-state index contributed by atoms with van der Waals surface area (Å²) in [4.78, 5) is 4.45. The van der Waals surface area contributed by atoms with Crippen molar-refractivity contribution in [1.82, 2.24) is 9.73 Å². The standard InChI is InChI=1S/C17H27N5O2S/c1-4-11-17(5-2)12-20-22(13-17)16(19-6-3)21-25(23,24)15-9-7-14(18)8-10-15/h7-10,12H,4-6,11,13,18H2,1-3H3,(H,19,21). The second-order valence-corrected chi connectivity index (χ2v) is 7.92. The van der Waals surface area contributed by atoms with Gasteiger partial charge in [0.2, 0.25) is 5.96 Å². The van der Waals surface area contributed by atoms with Gasteiger partial charge in [-0.15, -0.1) is 0 Å². The molecule has 1 aromatic carbocycles. The molecule has 138 valence electrons. The number of sulfonamides is 1. The van der Waals surface area contributed by atoms with Gasteiger partial charge in [0.25, 0.3) is 10.0 Å². The molecule has 7 nitrogen and oxygen atoms in total. The Morgan fingerprint density at radius 1 is 1.32 bits per heavy atom. The van der Waals surface area contributed by atoms with Gasteiger partial charge in [0.15, 0.2) is 0 Å². The number of hydrogen-bond acceptors (Lipinski definition) is 5. The minimum atomic E-state index is -3.74. The molecule has 1 aliphatic heterocycles.